The van der Waals surface area contributed by atoms with E-state index in [9.17, 15) is 18.0 Å². The Balaban J connectivity index is 0.000000339. The lowest BCUT2D eigenvalue weighted by Gasteiger charge is -2.28. The van der Waals surface area contributed by atoms with Gasteiger partial charge in [-0.05, 0) is 55.7 Å². The molecule has 1 saturated carbocycles. The first-order chi connectivity index (χ1) is 14.7. The SMILES string of the molecule is O=C(C1=CCCC1)N1C[C@H]2CCC[C@@]2(COCc2ccncc2)C1.O=C(O)C(F)(F)F. The maximum Gasteiger partial charge on any atom is 0.490 e. The monoisotopic (exact) mass is 440 g/mol. The van der Waals surface area contributed by atoms with Gasteiger partial charge in [0.05, 0.1) is 13.2 Å². The number of allylic oxidation sites excluding steroid dienone is 1. The predicted octanol–water partition coefficient (Wildman–Crippen LogP) is 3.97. The fourth-order valence-corrected chi connectivity index (χ4v) is 4.72. The molecule has 4 rings (SSSR count). The van der Waals surface area contributed by atoms with Crippen molar-refractivity contribution in [3.63, 3.8) is 0 Å². The summed E-state index contributed by atoms with van der Waals surface area (Å²) in [5, 5.41) is 7.12. The van der Waals surface area contributed by atoms with Gasteiger partial charge >= 0.3 is 12.1 Å². The fraction of sp³-hybridized carbons (Fsp3) is 0.591. The normalized spacial score (nSPS) is 24.9. The number of amides is 1. The molecule has 2 heterocycles. The molecule has 2 atom stereocenters. The molecule has 1 N–H and O–H groups in total. The van der Waals surface area contributed by atoms with Crippen molar-refractivity contribution in [1.82, 2.24) is 9.88 Å². The van der Waals surface area contributed by atoms with Gasteiger partial charge in [0.15, 0.2) is 0 Å². The number of aromatic nitrogens is 1. The number of halogens is 3. The van der Waals surface area contributed by atoms with E-state index < -0.39 is 12.1 Å². The van der Waals surface area contributed by atoms with Crippen LogP contribution in [0.1, 0.15) is 44.1 Å². The first-order valence-electron chi connectivity index (χ1n) is 10.5. The van der Waals surface area contributed by atoms with E-state index in [4.69, 9.17) is 14.6 Å². The second-order valence-electron chi connectivity index (χ2n) is 8.41. The summed E-state index contributed by atoms with van der Waals surface area (Å²) in [7, 11) is 0. The number of hydrogen-bond acceptors (Lipinski definition) is 4. The summed E-state index contributed by atoms with van der Waals surface area (Å²) >= 11 is 0. The molecule has 1 amide bonds. The predicted molar refractivity (Wildman–Crippen MR) is 106 cm³/mol. The van der Waals surface area contributed by atoms with Crippen LogP contribution in [0.3, 0.4) is 0 Å². The molecule has 2 fully saturated rings. The molecule has 0 unspecified atom stereocenters. The van der Waals surface area contributed by atoms with Gasteiger partial charge in [0.25, 0.3) is 0 Å². The van der Waals surface area contributed by atoms with E-state index in [-0.39, 0.29) is 11.3 Å². The maximum atomic E-state index is 12.7. The van der Waals surface area contributed by atoms with E-state index >= 15 is 0 Å². The molecule has 9 heteroatoms. The molecule has 2 aliphatic carbocycles. The highest BCUT2D eigenvalue weighted by Gasteiger charge is 2.51. The van der Waals surface area contributed by atoms with Gasteiger partial charge in [0, 0.05) is 36.5 Å². The number of hydrogen-bond donors (Lipinski definition) is 1. The molecule has 0 aromatic carbocycles. The zero-order valence-corrected chi connectivity index (χ0v) is 17.2. The summed E-state index contributed by atoms with van der Waals surface area (Å²) in [4.78, 5) is 27.8. The number of fused-ring (bicyclic) bond motifs is 1. The van der Waals surface area contributed by atoms with Crippen LogP contribution in [0.25, 0.3) is 0 Å². The topological polar surface area (TPSA) is 79.7 Å². The van der Waals surface area contributed by atoms with Gasteiger partial charge < -0.3 is 14.7 Å². The van der Waals surface area contributed by atoms with Gasteiger partial charge in [0.1, 0.15) is 0 Å². The van der Waals surface area contributed by atoms with Gasteiger partial charge in [-0.2, -0.15) is 13.2 Å². The summed E-state index contributed by atoms with van der Waals surface area (Å²) in [6.07, 6.45) is 7.54. The van der Waals surface area contributed by atoms with E-state index in [2.05, 4.69) is 16.0 Å². The summed E-state index contributed by atoms with van der Waals surface area (Å²) in [5.41, 5.74) is 2.39. The van der Waals surface area contributed by atoms with Crippen molar-refractivity contribution >= 4 is 11.9 Å². The van der Waals surface area contributed by atoms with Crippen molar-refractivity contribution < 1.29 is 32.6 Å². The Morgan fingerprint density at radius 1 is 1.26 bits per heavy atom. The van der Waals surface area contributed by atoms with Gasteiger partial charge in [-0.15, -0.1) is 0 Å². The Bertz CT molecular complexity index is 813. The molecular formula is C22H27F3N2O4. The van der Waals surface area contributed by atoms with E-state index in [0.29, 0.717) is 12.5 Å². The second-order valence-corrected chi connectivity index (χ2v) is 8.41. The van der Waals surface area contributed by atoms with Crippen LogP contribution in [-0.4, -0.2) is 52.7 Å². The molecule has 31 heavy (non-hydrogen) atoms. The number of rotatable bonds is 5. The van der Waals surface area contributed by atoms with Crippen molar-refractivity contribution in [2.75, 3.05) is 19.7 Å². The standard InChI is InChI=1S/C20H26N2O2.C2HF3O2/c23-19(17-4-1-2-5-17)22-12-18-6-3-9-20(18,14-22)15-24-13-16-7-10-21-11-8-16;3-2(4,5)1(6)7/h4,7-8,10-11,18H,1-3,5-6,9,12-15H2;(H,6,7)/t18-,20+;/m1./s1. The molecule has 1 saturated heterocycles. The number of pyridine rings is 1. The van der Waals surface area contributed by atoms with Crippen LogP contribution < -0.4 is 0 Å². The lowest BCUT2D eigenvalue weighted by Crippen LogP contribution is -2.35. The molecule has 6 nitrogen and oxygen atoms in total. The third-order valence-electron chi connectivity index (χ3n) is 6.29. The van der Waals surface area contributed by atoms with E-state index in [0.717, 1.165) is 50.1 Å². The third kappa shape index (κ3) is 5.84. The molecule has 1 aromatic heterocycles. The molecule has 0 radical (unpaired) electrons. The van der Waals surface area contributed by atoms with Crippen molar-refractivity contribution in [3.8, 4) is 0 Å². The quantitative estimate of drug-likeness (QED) is 0.750. The summed E-state index contributed by atoms with van der Waals surface area (Å²) in [6.45, 7) is 3.21. The first kappa shape index (κ1) is 23.2. The van der Waals surface area contributed by atoms with Crippen molar-refractivity contribution in [3.05, 3.63) is 41.7 Å². The van der Waals surface area contributed by atoms with Crippen molar-refractivity contribution in [2.24, 2.45) is 11.3 Å². The summed E-state index contributed by atoms with van der Waals surface area (Å²) < 4.78 is 37.8. The maximum absolute atomic E-state index is 12.7. The number of likely N-dealkylation sites (tertiary alicyclic amines) is 1. The lowest BCUT2D eigenvalue weighted by atomic mass is 9.81. The number of carbonyl (C=O) groups excluding carboxylic acids is 1. The van der Waals surface area contributed by atoms with Crippen LogP contribution in [0.15, 0.2) is 36.2 Å². The Morgan fingerprint density at radius 2 is 1.97 bits per heavy atom. The largest absolute Gasteiger partial charge is 0.490 e. The highest BCUT2D eigenvalue weighted by molar-refractivity contribution is 5.94. The minimum atomic E-state index is -5.08. The van der Waals surface area contributed by atoms with Crippen molar-refractivity contribution in [1.29, 1.82) is 0 Å². The fourth-order valence-electron chi connectivity index (χ4n) is 4.72. The van der Waals surface area contributed by atoms with Gasteiger partial charge in [-0.3, -0.25) is 9.78 Å². The Labute approximate surface area is 179 Å². The van der Waals surface area contributed by atoms with Crippen LogP contribution in [0, 0.1) is 11.3 Å². The third-order valence-corrected chi connectivity index (χ3v) is 6.29. The number of alkyl halides is 3. The molecule has 1 aromatic rings. The van der Waals surface area contributed by atoms with Crippen LogP contribution in [-0.2, 0) is 20.9 Å². The van der Waals surface area contributed by atoms with Crippen LogP contribution in [0.4, 0.5) is 13.2 Å². The number of aliphatic carboxylic acids is 1. The summed E-state index contributed by atoms with van der Waals surface area (Å²) in [5.74, 6) is -1.86. The van der Waals surface area contributed by atoms with Gasteiger partial charge in [0.2, 0.25) is 5.91 Å². The second kappa shape index (κ2) is 9.80. The number of carbonyl (C=O) groups is 2. The number of carboxylic acid groups (broad SMARTS) is 1. The number of nitrogens with zero attached hydrogens (tertiary/aromatic N) is 2. The van der Waals surface area contributed by atoms with E-state index in [1.165, 1.54) is 19.3 Å². The molecule has 1 aliphatic heterocycles. The van der Waals surface area contributed by atoms with Crippen LogP contribution >= 0.6 is 0 Å². The van der Waals surface area contributed by atoms with E-state index in [1.54, 1.807) is 12.4 Å². The number of ether oxygens (including phenoxy) is 1. The molecule has 0 spiro atoms. The summed E-state index contributed by atoms with van der Waals surface area (Å²) in [6, 6.07) is 4.00. The smallest absolute Gasteiger partial charge is 0.475 e. The lowest BCUT2D eigenvalue weighted by molar-refractivity contribution is -0.192. The average molecular weight is 440 g/mol. The highest BCUT2D eigenvalue weighted by atomic mass is 19.4. The molecular weight excluding hydrogens is 413 g/mol. The Kier molecular flexibility index (Phi) is 7.35. The first-order valence-corrected chi connectivity index (χ1v) is 10.5. The molecule has 3 aliphatic rings. The van der Waals surface area contributed by atoms with E-state index in [1.807, 2.05) is 12.1 Å². The molecule has 170 valence electrons. The Hall–Kier alpha value is -2.42. The highest BCUT2D eigenvalue weighted by Crippen LogP contribution is 2.49. The van der Waals surface area contributed by atoms with Crippen LogP contribution in [0.2, 0.25) is 0 Å². The minimum Gasteiger partial charge on any atom is -0.475 e. The van der Waals surface area contributed by atoms with Crippen LogP contribution in [0.5, 0.6) is 0 Å². The number of carboxylic acids is 1. The zero-order valence-electron chi connectivity index (χ0n) is 17.2. The minimum absolute atomic E-state index is 0.182. The average Bonchev–Trinajstić information content (AvgIpc) is 3.44. The zero-order chi connectivity index (χ0) is 22.5. The van der Waals surface area contributed by atoms with Gasteiger partial charge in [-0.25, -0.2) is 4.79 Å². The van der Waals surface area contributed by atoms with Crippen molar-refractivity contribution in [2.45, 2.75) is 51.3 Å². The Morgan fingerprint density at radius 3 is 2.58 bits per heavy atom. The molecule has 0 bridgehead atoms. The van der Waals surface area contributed by atoms with Gasteiger partial charge in [-0.1, -0.05) is 12.5 Å².